The lowest BCUT2D eigenvalue weighted by Gasteiger charge is -2.42. The van der Waals surface area contributed by atoms with Crippen molar-refractivity contribution in [2.75, 3.05) is 19.6 Å². The summed E-state index contributed by atoms with van der Waals surface area (Å²) in [4.78, 5) is 6.68. The van der Waals surface area contributed by atoms with Crippen molar-refractivity contribution >= 4 is 5.96 Å². The Morgan fingerprint density at radius 3 is 2.82 bits per heavy atom. The minimum Gasteiger partial charge on any atom is -0.369 e. The molecule has 1 atom stereocenters. The molecule has 100 valence electrons. The van der Waals surface area contributed by atoms with Gasteiger partial charge >= 0.3 is 0 Å². The van der Waals surface area contributed by atoms with Gasteiger partial charge in [0.25, 0.3) is 0 Å². The Bertz CT molecular complexity index is 265. The highest BCUT2D eigenvalue weighted by Crippen LogP contribution is 2.20. The van der Waals surface area contributed by atoms with Crippen LogP contribution in [-0.2, 0) is 4.74 Å². The van der Waals surface area contributed by atoms with E-state index in [9.17, 15) is 0 Å². The molecule has 0 spiro atoms. The van der Waals surface area contributed by atoms with Gasteiger partial charge in [-0.05, 0) is 27.2 Å². The van der Waals surface area contributed by atoms with Gasteiger partial charge in [0.15, 0.2) is 0 Å². The summed E-state index contributed by atoms with van der Waals surface area (Å²) in [6.07, 6.45) is 2.43. The lowest BCUT2D eigenvalue weighted by Crippen LogP contribution is -2.57. The molecule has 17 heavy (non-hydrogen) atoms. The molecular formula is C12H26N4O. The van der Waals surface area contributed by atoms with Crippen LogP contribution in [0, 0.1) is 0 Å². The van der Waals surface area contributed by atoms with Crippen LogP contribution in [0.1, 0.15) is 40.5 Å². The van der Waals surface area contributed by atoms with Gasteiger partial charge in [-0.2, -0.15) is 0 Å². The number of hydrazine groups is 1. The normalized spacial score (nSPS) is 24.9. The fourth-order valence-corrected chi connectivity index (χ4v) is 2.20. The molecule has 1 saturated heterocycles. The van der Waals surface area contributed by atoms with Crippen LogP contribution < -0.4 is 11.3 Å². The van der Waals surface area contributed by atoms with Crippen LogP contribution in [0.5, 0.6) is 0 Å². The summed E-state index contributed by atoms with van der Waals surface area (Å²) in [6, 6.07) is 0. The highest BCUT2D eigenvalue weighted by Gasteiger charge is 2.32. The molecule has 0 aliphatic carbocycles. The highest BCUT2D eigenvalue weighted by molar-refractivity contribution is 5.79. The largest absolute Gasteiger partial charge is 0.369 e. The van der Waals surface area contributed by atoms with E-state index < -0.39 is 0 Å². The molecule has 1 unspecified atom stereocenters. The third-order valence-corrected chi connectivity index (χ3v) is 2.77. The smallest absolute Gasteiger partial charge is 0.208 e. The molecule has 1 rings (SSSR count). The van der Waals surface area contributed by atoms with Gasteiger partial charge in [-0.1, -0.05) is 13.3 Å². The molecule has 0 bridgehead atoms. The number of aliphatic imine (C=N–C) groups is 1. The quantitative estimate of drug-likeness (QED) is 0.256. The van der Waals surface area contributed by atoms with E-state index in [1.54, 1.807) is 0 Å². The van der Waals surface area contributed by atoms with E-state index in [4.69, 9.17) is 10.6 Å². The van der Waals surface area contributed by atoms with Crippen molar-refractivity contribution in [3.05, 3.63) is 0 Å². The van der Waals surface area contributed by atoms with Crippen LogP contribution >= 0.6 is 0 Å². The van der Waals surface area contributed by atoms with E-state index in [0.29, 0.717) is 0 Å². The first kappa shape index (κ1) is 14.3. The van der Waals surface area contributed by atoms with Crippen molar-refractivity contribution in [2.24, 2.45) is 10.8 Å². The second-order valence-corrected chi connectivity index (χ2v) is 5.27. The van der Waals surface area contributed by atoms with E-state index in [1.165, 1.54) is 0 Å². The van der Waals surface area contributed by atoms with Crippen molar-refractivity contribution < 1.29 is 4.74 Å². The van der Waals surface area contributed by atoms with Crippen LogP contribution in [0.25, 0.3) is 0 Å². The number of nitrogens with one attached hydrogen (secondary N) is 1. The van der Waals surface area contributed by atoms with E-state index in [0.717, 1.165) is 38.4 Å². The maximum absolute atomic E-state index is 5.86. The molecule has 3 N–H and O–H groups in total. The summed E-state index contributed by atoms with van der Waals surface area (Å²) >= 11 is 0. The van der Waals surface area contributed by atoms with Gasteiger partial charge < -0.3 is 9.64 Å². The second kappa shape index (κ2) is 6.21. The minimum absolute atomic E-state index is 0.153. The second-order valence-electron chi connectivity index (χ2n) is 5.27. The molecule has 5 heteroatoms. The lowest BCUT2D eigenvalue weighted by molar-refractivity contribution is -0.113. The van der Waals surface area contributed by atoms with E-state index in [-0.39, 0.29) is 11.7 Å². The van der Waals surface area contributed by atoms with Gasteiger partial charge in [-0.25, -0.2) is 5.84 Å². The van der Waals surface area contributed by atoms with Crippen LogP contribution in [0.15, 0.2) is 4.99 Å². The van der Waals surface area contributed by atoms with E-state index >= 15 is 0 Å². The summed E-state index contributed by atoms with van der Waals surface area (Å²) in [5.41, 5.74) is 2.56. The van der Waals surface area contributed by atoms with Crippen molar-refractivity contribution in [1.82, 2.24) is 10.3 Å². The Balaban J connectivity index is 2.64. The molecule has 5 nitrogen and oxygen atoms in total. The first-order chi connectivity index (χ1) is 7.98. The van der Waals surface area contributed by atoms with Crippen LogP contribution in [0.3, 0.4) is 0 Å². The Morgan fingerprint density at radius 2 is 2.29 bits per heavy atom. The summed E-state index contributed by atoms with van der Waals surface area (Å²) in [6.45, 7) is 10.9. The van der Waals surface area contributed by atoms with Gasteiger partial charge in [-0.3, -0.25) is 10.4 Å². The SMILES string of the molecule is CCCCN=C(NN)N1CC(C)OC(C)(C)C1. The molecule has 1 heterocycles. The monoisotopic (exact) mass is 242 g/mol. The molecule has 0 aromatic carbocycles. The third kappa shape index (κ3) is 4.52. The predicted molar refractivity (Wildman–Crippen MR) is 70.7 cm³/mol. The predicted octanol–water partition coefficient (Wildman–Crippen LogP) is 1.11. The highest BCUT2D eigenvalue weighted by atomic mass is 16.5. The summed E-state index contributed by atoms with van der Waals surface area (Å²) in [7, 11) is 0. The van der Waals surface area contributed by atoms with E-state index in [2.05, 4.69) is 43.0 Å². The number of hydrogen-bond donors (Lipinski definition) is 2. The zero-order chi connectivity index (χ0) is 12.9. The van der Waals surface area contributed by atoms with Gasteiger partial charge in [0.2, 0.25) is 5.96 Å². The Hall–Kier alpha value is -0.810. The molecular weight excluding hydrogens is 216 g/mol. The molecule has 1 fully saturated rings. The molecule has 1 aliphatic rings. The fourth-order valence-electron chi connectivity index (χ4n) is 2.20. The number of rotatable bonds is 3. The zero-order valence-electron chi connectivity index (χ0n) is 11.5. The topological polar surface area (TPSA) is 62.9 Å². The molecule has 0 amide bonds. The Labute approximate surface area is 104 Å². The standard InChI is InChI=1S/C12H26N4O/c1-5-6-7-14-11(15-13)16-8-10(2)17-12(3,4)9-16/h10H,5-9,13H2,1-4H3,(H,14,15). The van der Waals surface area contributed by atoms with Crippen LogP contribution in [0.2, 0.25) is 0 Å². The average molecular weight is 242 g/mol. The minimum atomic E-state index is -0.153. The first-order valence-corrected chi connectivity index (χ1v) is 6.42. The molecule has 0 aromatic rings. The Morgan fingerprint density at radius 1 is 1.59 bits per heavy atom. The van der Waals surface area contributed by atoms with Gasteiger partial charge in [0.1, 0.15) is 0 Å². The van der Waals surface area contributed by atoms with E-state index in [1.807, 2.05) is 0 Å². The van der Waals surface area contributed by atoms with Crippen molar-refractivity contribution in [2.45, 2.75) is 52.2 Å². The number of nitrogens with zero attached hydrogens (tertiary/aromatic N) is 2. The number of nitrogens with two attached hydrogens (primary N) is 1. The van der Waals surface area contributed by atoms with Gasteiger partial charge in [-0.15, -0.1) is 0 Å². The van der Waals surface area contributed by atoms with Crippen LogP contribution in [-0.4, -0.2) is 42.2 Å². The van der Waals surface area contributed by atoms with Gasteiger partial charge in [0, 0.05) is 19.6 Å². The Kier molecular flexibility index (Phi) is 5.21. The third-order valence-electron chi connectivity index (χ3n) is 2.77. The van der Waals surface area contributed by atoms with Crippen molar-refractivity contribution in [3.8, 4) is 0 Å². The van der Waals surface area contributed by atoms with Crippen molar-refractivity contribution in [3.63, 3.8) is 0 Å². The molecule has 0 radical (unpaired) electrons. The summed E-state index contributed by atoms with van der Waals surface area (Å²) in [5, 5.41) is 0. The molecule has 0 aromatic heterocycles. The number of unbranched alkanes of at least 4 members (excludes halogenated alkanes) is 1. The van der Waals surface area contributed by atoms with Crippen LogP contribution in [0.4, 0.5) is 0 Å². The average Bonchev–Trinajstić information content (AvgIpc) is 2.21. The number of morpholine rings is 1. The first-order valence-electron chi connectivity index (χ1n) is 6.42. The van der Waals surface area contributed by atoms with Crippen molar-refractivity contribution in [1.29, 1.82) is 0 Å². The number of hydrogen-bond acceptors (Lipinski definition) is 3. The maximum Gasteiger partial charge on any atom is 0.208 e. The summed E-state index contributed by atoms with van der Waals surface area (Å²) in [5.74, 6) is 6.34. The lowest BCUT2D eigenvalue weighted by atomic mass is 10.1. The van der Waals surface area contributed by atoms with Gasteiger partial charge in [0.05, 0.1) is 11.7 Å². The molecule has 1 aliphatic heterocycles. The summed E-state index contributed by atoms with van der Waals surface area (Å²) < 4.78 is 5.86. The maximum atomic E-state index is 5.86. The fraction of sp³-hybridized carbons (Fsp3) is 0.917. The zero-order valence-corrected chi connectivity index (χ0v) is 11.5. The molecule has 0 saturated carbocycles. The number of ether oxygens (including phenoxy) is 1. The number of guanidine groups is 1.